The third-order valence-corrected chi connectivity index (χ3v) is 6.02. The van der Waals surface area contributed by atoms with Crippen molar-refractivity contribution >= 4 is 17.8 Å². The highest BCUT2D eigenvalue weighted by Gasteiger charge is 2.53. The van der Waals surface area contributed by atoms with Gasteiger partial charge in [0.2, 0.25) is 0 Å². The number of benzene rings is 2. The van der Waals surface area contributed by atoms with Crippen LogP contribution in [0.4, 0.5) is 0 Å². The number of nitrogens with two attached hydrogens (primary N) is 1. The normalized spacial score (nSPS) is 17.7. The zero-order valence-electron chi connectivity index (χ0n) is 18.1. The number of nitrogens with zero attached hydrogens (tertiary/aromatic N) is 1. The van der Waals surface area contributed by atoms with Gasteiger partial charge >= 0.3 is 11.9 Å². The average molecular weight is 424 g/mol. The molecule has 1 saturated heterocycles. The van der Waals surface area contributed by atoms with Crippen LogP contribution in [0, 0.1) is 5.41 Å². The fourth-order valence-corrected chi connectivity index (χ4v) is 4.20. The lowest BCUT2D eigenvalue weighted by Gasteiger charge is -2.42. The predicted molar refractivity (Wildman–Crippen MR) is 116 cm³/mol. The molecule has 0 aromatic heterocycles. The van der Waals surface area contributed by atoms with Crippen LogP contribution in [0.3, 0.4) is 0 Å². The molecule has 7 heteroatoms. The quantitative estimate of drug-likeness (QED) is 0.585. The molecule has 2 N–H and O–H groups in total. The summed E-state index contributed by atoms with van der Waals surface area (Å²) in [6, 6.07) is 15.1. The smallest absolute Gasteiger partial charge is 0.323 e. The van der Waals surface area contributed by atoms with Crippen molar-refractivity contribution in [3.05, 3.63) is 59.7 Å². The van der Waals surface area contributed by atoms with Crippen molar-refractivity contribution in [3.8, 4) is 11.1 Å². The molecular weight excluding hydrogens is 396 g/mol. The maximum Gasteiger partial charge on any atom is 0.323 e. The number of ether oxygens (including phenoxy) is 2. The van der Waals surface area contributed by atoms with Gasteiger partial charge in [0.15, 0.2) is 5.41 Å². The van der Waals surface area contributed by atoms with E-state index < -0.39 is 17.4 Å². The van der Waals surface area contributed by atoms with E-state index in [1.807, 2.05) is 43.3 Å². The van der Waals surface area contributed by atoms with Crippen LogP contribution in [-0.2, 0) is 25.6 Å². The van der Waals surface area contributed by atoms with E-state index in [1.165, 1.54) is 14.2 Å². The highest BCUT2D eigenvalue weighted by Crippen LogP contribution is 2.38. The van der Waals surface area contributed by atoms with Gasteiger partial charge in [0.25, 0.3) is 5.91 Å². The summed E-state index contributed by atoms with van der Waals surface area (Å²) in [6.45, 7) is 2.58. The minimum Gasteiger partial charge on any atom is -0.468 e. The molecule has 1 heterocycles. The molecule has 1 unspecified atom stereocenters. The topological polar surface area (TPSA) is 98.9 Å². The van der Waals surface area contributed by atoms with Gasteiger partial charge in [-0.1, -0.05) is 36.4 Å². The molecule has 1 fully saturated rings. The van der Waals surface area contributed by atoms with Gasteiger partial charge in [0.1, 0.15) is 0 Å². The molecule has 3 rings (SSSR count). The summed E-state index contributed by atoms with van der Waals surface area (Å²) >= 11 is 0. The van der Waals surface area contributed by atoms with Crippen LogP contribution in [0.1, 0.15) is 35.7 Å². The van der Waals surface area contributed by atoms with Crippen LogP contribution in [0.15, 0.2) is 48.5 Å². The Kier molecular flexibility index (Phi) is 6.75. The first-order valence-corrected chi connectivity index (χ1v) is 10.2. The molecular formula is C24H28N2O5. The van der Waals surface area contributed by atoms with Crippen molar-refractivity contribution in [3.63, 3.8) is 0 Å². The Hall–Kier alpha value is -3.19. The second-order valence-corrected chi connectivity index (χ2v) is 7.85. The third kappa shape index (κ3) is 4.32. The monoisotopic (exact) mass is 424 g/mol. The van der Waals surface area contributed by atoms with Crippen LogP contribution in [0.25, 0.3) is 11.1 Å². The van der Waals surface area contributed by atoms with E-state index >= 15 is 0 Å². The van der Waals surface area contributed by atoms with Gasteiger partial charge in [0.05, 0.1) is 14.2 Å². The number of esters is 2. The lowest BCUT2D eigenvalue weighted by Crippen LogP contribution is -2.55. The van der Waals surface area contributed by atoms with E-state index in [0.717, 1.165) is 16.7 Å². The van der Waals surface area contributed by atoms with E-state index in [9.17, 15) is 14.4 Å². The number of piperidine rings is 1. The molecule has 7 nitrogen and oxygen atoms in total. The third-order valence-electron chi connectivity index (χ3n) is 6.02. The maximum absolute atomic E-state index is 13.1. The molecule has 164 valence electrons. The van der Waals surface area contributed by atoms with E-state index in [-0.39, 0.29) is 31.3 Å². The maximum atomic E-state index is 13.1. The Morgan fingerprint density at radius 1 is 0.968 bits per heavy atom. The van der Waals surface area contributed by atoms with E-state index in [0.29, 0.717) is 12.1 Å². The number of likely N-dealkylation sites (tertiary alicyclic amines) is 1. The highest BCUT2D eigenvalue weighted by molar-refractivity contribution is 6.01. The summed E-state index contributed by atoms with van der Waals surface area (Å²) in [4.78, 5) is 39.5. The second-order valence-electron chi connectivity index (χ2n) is 7.85. The molecule has 0 saturated carbocycles. The lowest BCUT2D eigenvalue weighted by molar-refractivity contribution is -0.173. The van der Waals surface area contributed by atoms with Crippen molar-refractivity contribution in [1.29, 1.82) is 0 Å². The zero-order chi connectivity index (χ0) is 22.6. The fourth-order valence-electron chi connectivity index (χ4n) is 4.20. The highest BCUT2D eigenvalue weighted by atomic mass is 16.5. The Balaban J connectivity index is 1.76. The molecule has 31 heavy (non-hydrogen) atoms. The SMILES string of the molecule is COC(=O)C1(C(=O)OC)CCN(C(=O)c2ccc(-c3ccc(CN)cc3)cc2)C(C)C1. The zero-order valence-corrected chi connectivity index (χ0v) is 18.1. The number of hydrogen-bond acceptors (Lipinski definition) is 6. The lowest BCUT2D eigenvalue weighted by atomic mass is 9.75. The van der Waals surface area contributed by atoms with Crippen LogP contribution in [0.5, 0.6) is 0 Å². The molecule has 1 aliphatic rings. The van der Waals surface area contributed by atoms with Crippen LogP contribution in [0.2, 0.25) is 0 Å². The summed E-state index contributed by atoms with van der Waals surface area (Å²) in [7, 11) is 2.50. The standard InChI is InChI=1S/C24H28N2O5/c1-16-14-24(22(28)30-2,23(29)31-3)12-13-26(16)21(27)20-10-8-19(9-11-20)18-6-4-17(15-25)5-7-18/h4-11,16H,12-15,25H2,1-3H3. The first-order valence-electron chi connectivity index (χ1n) is 10.2. The van der Waals surface area contributed by atoms with Gasteiger partial charge in [-0.05, 0) is 48.6 Å². The minimum absolute atomic E-state index is 0.138. The van der Waals surface area contributed by atoms with Gasteiger partial charge in [0, 0.05) is 24.7 Å². The van der Waals surface area contributed by atoms with Gasteiger partial charge in [-0.3, -0.25) is 14.4 Å². The fraction of sp³-hybridized carbons (Fsp3) is 0.375. The number of methoxy groups -OCH3 is 2. The van der Waals surface area contributed by atoms with E-state index in [4.69, 9.17) is 15.2 Å². The van der Waals surface area contributed by atoms with Gasteiger partial charge in [-0.2, -0.15) is 0 Å². The Labute approximate surface area is 182 Å². The number of rotatable bonds is 5. The van der Waals surface area contributed by atoms with E-state index in [1.54, 1.807) is 17.0 Å². The van der Waals surface area contributed by atoms with Crippen molar-refractivity contribution in [2.75, 3.05) is 20.8 Å². The van der Waals surface area contributed by atoms with Crippen molar-refractivity contribution < 1.29 is 23.9 Å². The Morgan fingerprint density at radius 3 is 1.94 bits per heavy atom. The van der Waals surface area contributed by atoms with Crippen molar-refractivity contribution in [1.82, 2.24) is 4.90 Å². The van der Waals surface area contributed by atoms with E-state index in [2.05, 4.69) is 0 Å². The summed E-state index contributed by atoms with van der Waals surface area (Å²) in [5.74, 6) is -1.38. The molecule has 0 bridgehead atoms. The molecule has 1 atom stereocenters. The summed E-state index contributed by atoms with van der Waals surface area (Å²) in [6.07, 6.45) is 0.317. The summed E-state index contributed by atoms with van der Waals surface area (Å²) in [5, 5.41) is 0. The molecule has 2 aromatic rings. The second kappa shape index (κ2) is 9.31. The van der Waals surface area contributed by atoms with Crippen molar-refractivity contribution in [2.24, 2.45) is 11.1 Å². The molecule has 1 aliphatic heterocycles. The van der Waals surface area contributed by atoms with Crippen molar-refractivity contribution in [2.45, 2.75) is 32.4 Å². The number of amides is 1. The minimum atomic E-state index is -1.38. The number of carbonyl (C=O) groups is 3. The van der Waals surface area contributed by atoms with Gasteiger partial charge in [-0.25, -0.2) is 0 Å². The predicted octanol–water partition coefficient (Wildman–Crippen LogP) is 2.77. The number of carbonyl (C=O) groups excluding carboxylic acids is 3. The average Bonchev–Trinajstić information content (AvgIpc) is 2.82. The molecule has 0 radical (unpaired) electrons. The molecule has 2 aromatic carbocycles. The Bertz CT molecular complexity index is 937. The molecule has 0 aliphatic carbocycles. The van der Waals surface area contributed by atoms with Crippen LogP contribution in [-0.4, -0.2) is 49.6 Å². The van der Waals surface area contributed by atoms with Gasteiger partial charge < -0.3 is 20.1 Å². The molecule has 0 spiro atoms. The number of hydrogen-bond donors (Lipinski definition) is 1. The molecule has 1 amide bonds. The van der Waals surface area contributed by atoms with Crippen LogP contribution < -0.4 is 5.73 Å². The van der Waals surface area contributed by atoms with Crippen LogP contribution >= 0.6 is 0 Å². The summed E-state index contributed by atoms with van der Waals surface area (Å²) in [5.41, 5.74) is 7.93. The Morgan fingerprint density at radius 2 is 1.48 bits per heavy atom. The largest absolute Gasteiger partial charge is 0.468 e. The first kappa shape index (κ1) is 22.5. The summed E-state index contributed by atoms with van der Waals surface area (Å²) < 4.78 is 9.73. The van der Waals surface area contributed by atoms with Gasteiger partial charge in [-0.15, -0.1) is 0 Å². The first-order chi connectivity index (χ1) is 14.9.